The number of ether oxygens (including phenoxy) is 1. The zero-order valence-electron chi connectivity index (χ0n) is 17.0. The predicted molar refractivity (Wildman–Crippen MR) is 126 cm³/mol. The molecule has 0 saturated carbocycles. The second-order valence-electron chi connectivity index (χ2n) is 6.48. The van der Waals surface area contributed by atoms with Crippen molar-refractivity contribution in [3.05, 3.63) is 44.9 Å². The first-order chi connectivity index (χ1) is 12.4. The van der Waals surface area contributed by atoms with Gasteiger partial charge in [0.25, 0.3) is 0 Å². The third-order valence-corrected chi connectivity index (χ3v) is 5.35. The monoisotopic (exact) mass is 502 g/mol. The fourth-order valence-electron chi connectivity index (χ4n) is 2.39. The lowest BCUT2D eigenvalue weighted by Gasteiger charge is -2.18. The van der Waals surface area contributed by atoms with Crippen molar-refractivity contribution >= 4 is 41.3 Å². The molecule has 2 aromatic rings. The number of aryl methyl sites for hydroxylation is 3. The smallest absolute Gasteiger partial charge is 0.191 e. The Morgan fingerprint density at radius 3 is 2.52 bits per heavy atom. The standard InChI is InChI=1S/C20H30N4OS.HI/c1-7-14(3)25-18-10-13(2)8-9-17(18)11-22-20(21-6)23-12-19-24-15(4)16(5)26-19;/h8-10,14H,7,11-12H2,1-6H3,(H2,21,22,23);1H. The number of thiazole rings is 1. The molecule has 0 fully saturated rings. The summed E-state index contributed by atoms with van der Waals surface area (Å²) in [6.07, 6.45) is 1.18. The highest BCUT2D eigenvalue weighted by molar-refractivity contribution is 14.0. The van der Waals surface area contributed by atoms with Crippen LogP contribution in [0.4, 0.5) is 0 Å². The molecule has 0 radical (unpaired) electrons. The summed E-state index contributed by atoms with van der Waals surface area (Å²) in [5, 5.41) is 7.76. The average Bonchev–Trinajstić information content (AvgIpc) is 2.94. The van der Waals surface area contributed by atoms with Crippen molar-refractivity contribution in [2.75, 3.05) is 7.05 Å². The molecule has 0 amide bonds. The molecule has 0 bridgehead atoms. The Balaban J connectivity index is 0.00000364. The number of nitrogens with zero attached hydrogens (tertiary/aromatic N) is 2. The minimum Gasteiger partial charge on any atom is -0.490 e. The van der Waals surface area contributed by atoms with Crippen molar-refractivity contribution in [1.29, 1.82) is 0 Å². The first kappa shape index (κ1) is 23.7. The molecule has 2 N–H and O–H groups in total. The van der Waals surface area contributed by atoms with Crippen LogP contribution in [0.1, 0.15) is 47.0 Å². The number of aliphatic imine (C=N–C) groups is 1. The normalized spacial score (nSPS) is 12.3. The van der Waals surface area contributed by atoms with Crippen LogP contribution in [0.3, 0.4) is 0 Å². The van der Waals surface area contributed by atoms with Crippen molar-refractivity contribution in [1.82, 2.24) is 15.6 Å². The Kier molecular flexibility index (Phi) is 10.1. The summed E-state index contributed by atoms with van der Waals surface area (Å²) in [6, 6.07) is 6.32. The Morgan fingerprint density at radius 1 is 1.22 bits per heavy atom. The largest absolute Gasteiger partial charge is 0.490 e. The molecule has 1 unspecified atom stereocenters. The molecule has 1 heterocycles. The number of aromatic nitrogens is 1. The van der Waals surface area contributed by atoms with Crippen molar-refractivity contribution in [3.63, 3.8) is 0 Å². The molecule has 2 rings (SSSR count). The second kappa shape index (κ2) is 11.5. The molecule has 150 valence electrons. The van der Waals surface area contributed by atoms with Gasteiger partial charge in [0.1, 0.15) is 10.8 Å². The SMILES string of the molecule is CCC(C)Oc1cc(C)ccc1CNC(=NC)NCc1nc(C)c(C)s1.I. The molecule has 27 heavy (non-hydrogen) atoms. The van der Waals surface area contributed by atoms with Gasteiger partial charge < -0.3 is 15.4 Å². The highest BCUT2D eigenvalue weighted by Gasteiger charge is 2.09. The van der Waals surface area contributed by atoms with Crippen molar-refractivity contribution in [3.8, 4) is 5.75 Å². The van der Waals surface area contributed by atoms with Crippen LogP contribution in [-0.2, 0) is 13.1 Å². The number of benzene rings is 1. The van der Waals surface area contributed by atoms with Gasteiger partial charge in [-0.15, -0.1) is 35.3 Å². The highest BCUT2D eigenvalue weighted by Crippen LogP contribution is 2.22. The van der Waals surface area contributed by atoms with Crippen molar-refractivity contribution in [2.45, 2.75) is 60.2 Å². The summed E-state index contributed by atoms with van der Waals surface area (Å²) in [4.78, 5) is 10.1. The van der Waals surface area contributed by atoms with Gasteiger partial charge in [0, 0.05) is 24.0 Å². The lowest BCUT2D eigenvalue weighted by Crippen LogP contribution is -2.36. The number of halogens is 1. The summed E-state index contributed by atoms with van der Waals surface area (Å²) >= 11 is 1.72. The van der Waals surface area contributed by atoms with Crippen LogP contribution in [0.25, 0.3) is 0 Å². The molecule has 5 nitrogen and oxygen atoms in total. The summed E-state index contributed by atoms with van der Waals surface area (Å²) in [5.41, 5.74) is 3.42. The van der Waals surface area contributed by atoms with E-state index in [1.165, 1.54) is 10.4 Å². The van der Waals surface area contributed by atoms with Crippen molar-refractivity contribution in [2.24, 2.45) is 4.99 Å². The molecule has 0 spiro atoms. The second-order valence-corrected chi connectivity index (χ2v) is 7.76. The third-order valence-electron chi connectivity index (χ3n) is 4.28. The van der Waals surface area contributed by atoms with E-state index in [2.05, 4.69) is 66.5 Å². The van der Waals surface area contributed by atoms with E-state index in [0.29, 0.717) is 13.1 Å². The van der Waals surface area contributed by atoms with Crippen LogP contribution >= 0.6 is 35.3 Å². The number of hydrogen-bond donors (Lipinski definition) is 2. The third kappa shape index (κ3) is 7.29. The molecule has 0 saturated heterocycles. The van der Waals surface area contributed by atoms with E-state index in [1.54, 1.807) is 18.4 Å². The maximum atomic E-state index is 6.08. The van der Waals surface area contributed by atoms with E-state index in [-0.39, 0.29) is 30.1 Å². The summed E-state index contributed by atoms with van der Waals surface area (Å²) in [7, 11) is 1.78. The fraction of sp³-hybridized carbons (Fsp3) is 0.500. The number of nitrogens with one attached hydrogen (secondary N) is 2. The molecule has 0 aliphatic heterocycles. The zero-order valence-corrected chi connectivity index (χ0v) is 20.2. The van der Waals surface area contributed by atoms with Gasteiger partial charge >= 0.3 is 0 Å². The Morgan fingerprint density at radius 2 is 1.93 bits per heavy atom. The number of hydrogen-bond acceptors (Lipinski definition) is 4. The maximum Gasteiger partial charge on any atom is 0.191 e. The first-order valence-electron chi connectivity index (χ1n) is 9.06. The van der Waals surface area contributed by atoms with Crippen LogP contribution < -0.4 is 15.4 Å². The van der Waals surface area contributed by atoms with E-state index < -0.39 is 0 Å². The molecule has 0 aliphatic carbocycles. The van der Waals surface area contributed by atoms with Gasteiger partial charge in [-0.05, 0) is 45.7 Å². The molecule has 1 atom stereocenters. The Hall–Kier alpha value is -1.35. The summed E-state index contributed by atoms with van der Waals surface area (Å²) in [6.45, 7) is 11.8. The van der Waals surface area contributed by atoms with Crippen LogP contribution in [0.5, 0.6) is 5.75 Å². The minimum absolute atomic E-state index is 0. The molecular formula is C20H31IN4OS. The van der Waals surface area contributed by atoms with E-state index in [9.17, 15) is 0 Å². The molecule has 7 heteroatoms. The van der Waals surface area contributed by atoms with Crippen LogP contribution in [0.2, 0.25) is 0 Å². The van der Waals surface area contributed by atoms with Gasteiger partial charge in [0.05, 0.1) is 18.3 Å². The zero-order chi connectivity index (χ0) is 19.1. The van der Waals surface area contributed by atoms with E-state index >= 15 is 0 Å². The van der Waals surface area contributed by atoms with Crippen LogP contribution in [0, 0.1) is 20.8 Å². The topological polar surface area (TPSA) is 58.5 Å². The first-order valence-corrected chi connectivity index (χ1v) is 9.88. The minimum atomic E-state index is 0. The van der Waals surface area contributed by atoms with Gasteiger partial charge in [-0.25, -0.2) is 4.98 Å². The van der Waals surface area contributed by atoms with Gasteiger partial charge in [-0.3, -0.25) is 4.99 Å². The molecule has 0 aliphatic rings. The molecule has 1 aromatic carbocycles. The van der Waals surface area contributed by atoms with Crippen LogP contribution in [-0.4, -0.2) is 24.1 Å². The lowest BCUT2D eigenvalue weighted by atomic mass is 10.1. The van der Waals surface area contributed by atoms with Crippen LogP contribution in [0.15, 0.2) is 23.2 Å². The molecular weight excluding hydrogens is 471 g/mol. The van der Waals surface area contributed by atoms with Gasteiger partial charge in [0.2, 0.25) is 0 Å². The predicted octanol–water partition coefficient (Wildman–Crippen LogP) is 4.73. The summed E-state index contributed by atoms with van der Waals surface area (Å²) < 4.78 is 6.08. The van der Waals surface area contributed by atoms with Crippen molar-refractivity contribution < 1.29 is 4.74 Å². The van der Waals surface area contributed by atoms with E-state index in [4.69, 9.17) is 4.74 Å². The number of rotatable bonds is 7. The van der Waals surface area contributed by atoms with Gasteiger partial charge in [0.15, 0.2) is 5.96 Å². The highest BCUT2D eigenvalue weighted by atomic mass is 127. The fourth-order valence-corrected chi connectivity index (χ4v) is 3.26. The maximum absolute atomic E-state index is 6.08. The Labute approximate surface area is 184 Å². The Bertz CT molecular complexity index is 741. The quantitative estimate of drug-likeness (QED) is 0.327. The number of guanidine groups is 1. The van der Waals surface area contributed by atoms with E-state index in [0.717, 1.165) is 34.4 Å². The van der Waals surface area contributed by atoms with E-state index in [1.807, 2.05) is 6.92 Å². The van der Waals surface area contributed by atoms with Gasteiger partial charge in [-0.1, -0.05) is 19.1 Å². The lowest BCUT2D eigenvalue weighted by molar-refractivity contribution is 0.215. The average molecular weight is 502 g/mol. The molecule has 1 aromatic heterocycles. The van der Waals surface area contributed by atoms with Gasteiger partial charge in [-0.2, -0.15) is 0 Å². The summed E-state index contributed by atoms with van der Waals surface area (Å²) in [5.74, 6) is 1.69.